The maximum absolute atomic E-state index is 12.0. The van der Waals surface area contributed by atoms with Crippen molar-refractivity contribution in [3.8, 4) is 11.5 Å². The summed E-state index contributed by atoms with van der Waals surface area (Å²) in [6, 6.07) is 2.53. The Morgan fingerprint density at radius 2 is 1.95 bits per heavy atom. The Bertz CT molecular complexity index is 462. The highest BCUT2D eigenvalue weighted by molar-refractivity contribution is 5.98. The minimum atomic E-state index is -0.956. The summed E-state index contributed by atoms with van der Waals surface area (Å²) in [6.45, 7) is 1.47. The van der Waals surface area contributed by atoms with Gasteiger partial charge < -0.3 is 25.2 Å². The molecule has 0 saturated heterocycles. The number of likely N-dealkylation sites (N-methyl/N-ethyl adjacent to an activating group) is 1. The zero-order valence-corrected chi connectivity index (χ0v) is 11.6. The van der Waals surface area contributed by atoms with Crippen LogP contribution in [0.5, 0.6) is 11.5 Å². The Hall–Kier alpha value is -1.79. The molecule has 0 aliphatic heterocycles. The fourth-order valence-corrected chi connectivity index (χ4v) is 1.74. The molecule has 19 heavy (non-hydrogen) atoms. The van der Waals surface area contributed by atoms with Crippen LogP contribution in [-0.2, 0) is 4.79 Å². The first-order valence-corrected chi connectivity index (χ1v) is 5.82. The zero-order valence-electron chi connectivity index (χ0n) is 11.6. The first-order valence-electron chi connectivity index (χ1n) is 5.82. The fourth-order valence-electron chi connectivity index (χ4n) is 1.74. The lowest BCUT2D eigenvalue weighted by Gasteiger charge is -2.23. The van der Waals surface area contributed by atoms with E-state index in [0.29, 0.717) is 17.2 Å². The van der Waals surface area contributed by atoms with E-state index in [4.69, 9.17) is 20.3 Å². The highest BCUT2D eigenvalue weighted by atomic mass is 16.5. The van der Waals surface area contributed by atoms with Crippen LogP contribution in [0, 0.1) is 6.92 Å². The quantitative estimate of drug-likeness (QED) is 0.802. The lowest BCUT2D eigenvalue weighted by atomic mass is 10.1. The fraction of sp³-hybridized carbons (Fsp3) is 0.462. The Labute approximate surface area is 112 Å². The van der Waals surface area contributed by atoms with Gasteiger partial charge in [-0.3, -0.25) is 4.79 Å². The van der Waals surface area contributed by atoms with Gasteiger partial charge in [0.05, 0.1) is 26.5 Å². The summed E-state index contributed by atoms with van der Waals surface area (Å²) >= 11 is 0. The van der Waals surface area contributed by atoms with E-state index in [-0.39, 0.29) is 0 Å². The number of anilines is 1. The molecule has 0 aliphatic rings. The molecule has 0 aromatic heterocycles. The molecule has 1 amide bonds. The van der Waals surface area contributed by atoms with Crippen molar-refractivity contribution >= 4 is 11.6 Å². The smallest absolute Gasteiger partial charge is 0.246 e. The molecule has 0 aliphatic carbocycles. The van der Waals surface area contributed by atoms with Crippen LogP contribution < -0.4 is 20.1 Å². The second kappa shape index (κ2) is 6.40. The summed E-state index contributed by atoms with van der Waals surface area (Å²) in [6.07, 6.45) is 0. The number of methoxy groups -OCH3 is 2. The number of carbonyl (C=O) groups excluding carboxylic acids is 1. The molecule has 1 unspecified atom stereocenters. The molecule has 0 spiro atoms. The number of ether oxygens (including phenoxy) is 2. The van der Waals surface area contributed by atoms with Crippen molar-refractivity contribution < 1.29 is 19.4 Å². The predicted octanol–water partition coefficient (Wildman–Crippen LogP) is 0.295. The van der Waals surface area contributed by atoms with E-state index in [0.717, 1.165) is 5.56 Å². The third kappa shape index (κ3) is 3.15. The lowest BCUT2D eigenvalue weighted by Crippen LogP contribution is -2.44. The largest absolute Gasteiger partial charge is 0.496 e. The summed E-state index contributed by atoms with van der Waals surface area (Å²) < 4.78 is 10.5. The maximum Gasteiger partial charge on any atom is 0.246 e. The minimum absolute atomic E-state index is 0.397. The van der Waals surface area contributed by atoms with Crippen LogP contribution in [0.3, 0.4) is 0 Å². The van der Waals surface area contributed by atoms with E-state index in [1.165, 1.54) is 12.0 Å². The van der Waals surface area contributed by atoms with Crippen molar-refractivity contribution in [1.82, 2.24) is 0 Å². The van der Waals surface area contributed by atoms with Crippen LogP contribution in [0.2, 0.25) is 0 Å². The van der Waals surface area contributed by atoms with E-state index in [9.17, 15) is 4.79 Å². The van der Waals surface area contributed by atoms with Gasteiger partial charge in [0.2, 0.25) is 5.91 Å². The summed E-state index contributed by atoms with van der Waals surface area (Å²) in [4.78, 5) is 13.3. The van der Waals surface area contributed by atoms with Gasteiger partial charge in [-0.05, 0) is 18.6 Å². The number of carbonyl (C=O) groups is 1. The Balaban J connectivity index is 3.20. The topological polar surface area (TPSA) is 85.0 Å². The van der Waals surface area contributed by atoms with Gasteiger partial charge in [0.25, 0.3) is 0 Å². The van der Waals surface area contributed by atoms with Crippen molar-refractivity contribution in [3.05, 3.63) is 17.7 Å². The number of aliphatic hydroxyl groups excluding tert-OH is 1. The van der Waals surface area contributed by atoms with Gasteiger partial charge in [0.1, 0.15) is 17.5 Å². The van der Waals surface area contributed by atoms with E-state index in [2.05, 4.69) is 0 Å². The average Bonchev–Trinajstić information content (AvgIpc) is 2.44. The van der Waals surface area contributed by atoms with Crippen LogP contribution in [0.25, 0.3) is 0 Å². The number of benzene rings is 1. The van der Waals surface area contributed by atoms with Crippen molar-refractivity contribution in [1.29, 1.82) is 0 Å². The normalized spacial score (nSPS) is 11.9. The Morgan fingerprint density at radius 3 is 2.42 bits per heavy atom. The second-order valence-electron chi connectivity index (χ2n) is 4.18. The Morgan fingerprint density at radius 1 is 1.37 bits per heavy atom. The molecule has 6 heteroatoms. The number of aryl methyl sites for hydroxylation is 1. The molecule has 1 rings (SSSR count). The molecular formula is C13H20N2O4. The number of hydrogen-bond donors (Lipinski definition) is 2. The third-order valence-electron chi connectivity index (χ3n) is 2.90. The van der Waals surface area contributed by atoms with Gasteiger partial charge in [0, 0.05) is 13.1 Å². The molecule has 6 nitrogen and oxygen atoms in total. The van der Waals surface area contributed by atoms with Gasteiger partial charge in [0.15, 0.2) is 0 Å². The van der Waals surface area contributed by atoms with Crippen LogP contribution in [0.1, 0.15) is 5.56 Å². The number of nitrogens with zero attached hydrogens (tertiary/aromatic N) is 1. The Kier molecular flexibility index (Phi) is 5.14. The van der Waals surface area contributed by atoms with Gasteiger partial charge in [-0.1, -0.05) is 0 Å². The maximum atomic E-state index is 12.0. The zero-order chi connectivity index (χ0) is 14.6. The third-order valence-corrected chi connectivity index (χ3v) is 2.90. The molecule has 1 aromatic carbocycles. The highest BCUT2D eigenvalue weighted by Gasteiger charge is 2.22. The van der Waals surface area contributed by atoms with Gasteiger partial charge in [-0.15, -0.1) is 0 Å². The second-order valence-corrected chi connectivity index (χ2v) is 4.18. The number of aliphatic hydroxyl groups is 1. The highest BCUT2D eigenvalue weighted by Crippen LogP contribution is 2.34. The average molecular weight is 268 g/mol. The van der Waals surface area contributed by atoms with E-state index in [1.807, 2.05) is 6.92 Å². The predicted molar refractivity (Wildman–Crippen MR) is 72.8 cm³/mol. The number of rotatable bonds is 5. The molecular weight excluding hydrogens is 248 g/mol. The van der Waals surface area contributed by atoms with Crippen molar-refractivity contribution in [3.63, 3.8) is 0 Å². The number of nitrogens with two attached hydrogens (primary N) is 1. The van der Waals surface area contributed by atoms with Crippen molar-refractivity contribution in [2.45, 2.75) is 13.0 Å². The van der Waals surface area contributed by atoms with Gasteiger partial charge in [-0.25, -0.2) is 0 Å². The summed E-state index contributed by atoms with van der Waals surface area (Å²) in [5.41, 5.74) is 6.97. The summed E-state index contributed by atoms with van der Waals surface area (Å²) in [5.74, 6) is 0.791. The first-order chi connectivity index (χ1) is 8.96. The molecule has 1 aromatic rings. The van der Waals surface area contributed by atoms with Gasteiger partial charge in [-0.2, -0.15) is 0 Å². The van der Waals surface area contributed by atoms with Crippen molar-refractivity contribution in [2.75, 3.05) is 32.8 Å². The molecule has 0 heterocycles. The van der Waals surface area contributed by atoms with Crippen LogP contribution >= 0.6 is 0 Å². The molecule has 0 fully saturated rings. The van der Waals surface area contributed by atoms with Crippen LogP contribution in [-0.4, -0.2) is 44.9 Å². The molecule has 106 valence electrons. The molecule has 1 atom stereocenters. The summed E-state index contributed by atoms with van der Waals surface area (Å²) in [7, 11) is 4.65. The molecule has 0 bridgehead atoms. The van der Waals surface area contributed by atoms with E-state index >= 15 is 0 Å². The van der Waals surface area contributed by atoms with Crippen molar-refractivity contribution in [2.24, 2.45) is 5.73 Å². The standard InChI is InChI=1S/C13H20N2O4/c1-8-5-12(19-4)10(6-11(8)18-3)15(2)13(17)9(14)7-16/h5-6,9,16H,7,14H2,1-4H3. The van der Waals surface area contributed by atoms with Gasteiger partial charge >= 0.3 is 0 Å². The monoisotopic (exact) mass is 268 g/mol. The first kappa shape index (κ1) is 15.3. The van der Waals surface area contributed by atoms with Crippen LogP contribution in [0.4, 0.5) is 5.69 Å². The van der Waals surface area contributed by atoms with E-state index in [1.54, 1.807) is 26.3 Å². The summed E-state index contributed by atoms with van der Waals surface area (Å²) in [5, 5.41) is 8.94. The number of hydrogen-bond acceptors (Lipinski definition) is 5. The SMILES string of the molecule is COc1cc(N(C)C(=O)C(N)CO)c(OC)cc1C. The van der Waals surface area contributed by atoms with E-state index < -0.39 is 18.6 Å². The number of amides is 1. The molecule has 3 N–H and O–H groups in total. The molecule has 0 saturated carbocycles. The lowest BCUT2D eigenvalue weighted by molar-refractivity contribution is -0.120. The van der Waals surface area contributed by atoms with Crippen LogP contribution in [0.15, 0.2) is 12.1 Å². The minimum Gasteiger partial charge on any atom is -0.496 e. The molecule has 0 radical (unpaired) electrons.